The Morgan fingerprint density at radius 1 is 1.00 bits per heavy atom. The number of carbonyl (C=O) groups is 1. The average molecular weight is 604 g/mol. The van der Waals surface area contributed by atoms with Gasteiger partial charge in [-0.2, -0.15) is 5.10 Å². The second-order valence-electron chi connectivity index (χ2n) is 10.0. The summed E-state index contributed by atoms with van der Waals surface area (Å²) >= 11 is 6.30. The number of halogens is 1. The van der Waals surface area contributed by atoms with Crippen molar-refractivity contribution in [2.24, 2.45) is 0 Å². The van der Waals surface area contributed by atoms with Gasteiger partial charge in [0, 0.05) is 21.5 Å². The molecule has 2 aromatic heterocycles. The van der Waals surface area contributed by atoms with Gasteiger partial charge in [0.1, 0.15) is 23.8 Å². The van der Waals surface area contributed by atoms with Crippen molar-refractivity contribution in [3.63, 3.8) is 0 Å². The number of H-pyrrole nitrogens is 2. The molecule has 0 saturated heterocycles. The fourth-order valence-corrected chi connectivity index (χ4v) is 5.29. The van der Waals surface area contributed by atoms with Crippen molar-refractivity contribution >= 4 is 28.5 Å². The van der Waals surface area contributed by atoms with Crippen molar-refractivity contribution in [3.05, 3.63) is 99.5 Å². The summed E-state index contributed by atoms with van der Waals surface area (Å²) < 4.78 is 17.4. The van der Waals surface area contributed by atoms with E-state index in [9.17, 15) is 9.90 Å². The number of aliphatic hydroxyl groups is 1. The van der Waals surface area contributed by atoms with E-state index in [1.54, 1.807) is 6.92 Å². The molecule has 226 valence electrons. The molecular weight excluding hydrogens is 566 g/mol. The Balaban J connectivity index is 0.00000423. The molecule has 0 amide bonds. The SMILES string of the molecule is C.CCOC(=O)c1[nH]c2c(-c3c(CO)n[nH]c3COc3ccccc3)cccc2c1CCCOc1cc(C)c(Cl)c(C)c1. The maximum absolute atomic E-state index is 13.1. The van der Waals surface area contributed by atoms with E-state index < -0.39 is 5.97 Å². The van der Waals surface area contributed by atoms with E-state index in [0.717, 1.165) is 55.2 Å². The number of aromatic amines is 2. The Kier molecular flexibility index (Phi) is 10.5. The number of ether oxygens (including phenoxy) is 3. The number of nitrogens with one attached hydrogen (secondary N) is 2. The number of aliphatic hydroxyl groups excluding tert-OH is 1. The van der Waals surface area contributed by atoms with Gasteiger partial charge in [0.25, 0.3) is 0 Å². The van der Waals surface area contributed by atoms with E-state index in [-0.39, 0.29) is 27.2 Å². The predicted molar refractivity (Wildman–Crippen MR) is 170 cm³/mol. The van der Waals surface area contributed by atoms with Crippen molar-refractivity contribution < 1.29 is 24.1 Å². The standard InChI is InChI=1S/C33H34ClN3O5.CH4/c1-4-40-33(39)32-25(14-9-15-41-23-16-20(2)30(34)21(3)17-23)24-12-8-13-26(31(24)35-32)29-27(18-38)36-37-28(29)19-42-22-10-6-5-7-11-22;/h5-8,10-13,16-17,35,38H,4,9,14-15,18-19H2,1-3H3,(H,36,37);1H4. The smallest absolute Gasteiger partial charge is 0.355 e. The molecule has 0 aliphatic rings. The van der Waals surface area contributed by atoms with E-state index >= 15 is 0 Å². The van der Waals surface area contributed by atoms with Crippen LogP contribution < -0.4 is 9.47 Å². The number of carbonyl (C=O) groups excluding carboxylic acids is 1. The quantitative estimate of drug-likeness (QED) is 0.0994. The molecule has 0 unspecified atom stereocenters. The fourth-order valence-electron chi connectivity index (χ4n) is 5.18. The molecule has 5 rings (SSSR count). The fraction of sp³-hybridized carbons (Fsp3) is 0.294. The average Bonchev–Trinajstić information content (AvgIpc) is 3.59. The van der Waals surface area contributed by atoms with Gasteiger partial charge in [-0.05, 0) is 74.6 Å². The highest BCUT2D eigenvalue weighted by Gasteiger charge is 2.24. The number of rotatable bonds is 12. The summed E-state index contributed by atoms with van der Waals surface area (Å²) in [5, 5.41) is 19.1. The molecule has 0 aliphatic heterocycles. The summed E-state index contributed by atoms with van der Waals surface area (Å²) in [7, 11) is 0. The molecule has 43 heavy (non-hydrogen) atoms. The summed E-state index contributed by atoms with van der Waals surface area (Å²) in [6.07, 6.45) is 1.26. The highest BCUT2D eigenvalue weighted by Crippen LogP contribution is 2.36. The van der Waals surface area contributed by atoms with Gasteiger partial charge in [0.15, 0.2) is 0 Å². The van der Waals surface area contributed by atoms with E-state index in [1.807, 2.05) is 74.5 Å². The van der Waals surface area contributed by atoms with Gasteiger partial charge in [-0.15, -0.1) is 0 Å². The number of esters is 1. The molecule has 5 aromatic rings. The number of fused-ring (bicyclic) bond motifs is 1. The van der Waals surface area contributed by atoms with E-state index in [4.69, 9.17) is 25.8 Å². The number of hydrogen-bond acceptors (Lipinski definition) is 6. The largest absolute Gasteiger partial charge is 0.494 e. The number of hydrogen-bond donors (Lipinski definition) is 3. The topological polar surface area (TPSA) is 109 Å². The van der Waals surface area contributed by atoms with Crippen LogP contribution in [0.4, 0.5) is 0 Å². The Labute approximate surface area is 257 Å². The van der Waals surface area contributed by atoms with Crippen molar-refractivity contribution in [2.75, 3.05) is 13.2 Å². The molecule has 0 atom stereocenters. The lowest BCUT2D eigenvalue weighted by Crippen LogP contribution is -2.09. The molecule has 0 radical (unpaired) electrons. The molecule has 0 bridgehead atoms. The van der Waals surface area contributed by atoms with Gasteiger partial charge in [-0.3, -0.25) is 5.10 Å². The Bertz CT molecular complexity index is 1670. The van der Waals surface area contributed by atoms with E-state index in [1.165, 1.54) is 0 Å². The van der Waals surface area contributed by atoms with Crippen molar-refractivity contribution in [2.45, 2.75) is 54.3 Å². The Hall–Kier alpha value is -4.27. The Morgan fingerprint density at radius 3 is 2.44 bits per heavy atom. The highest BCUT2D eigenvalue weighted by molar-refractivity contribution is 6.32. The first-order valence-corrected chi connectivity index (χ1v) is 14.3. The lowest BCUT2D eigenvalue weighted by Gasteiger charge is -2.11. The Morgan fingerprint density at radius 2 is 1.74 bits per heavy atom. The minimum absolute atomic E-state index is 0. The first-order valence-electron chi connectivity index (χ1n) is 14.0. The van der Waals surface area contributed by atoms with Crippen LogP contribution in [0.1, 0.15) is 59.3 Å². The molecule has 9 heteroatoms. The van der Waals surface area contributed by atoms with Gasteiger partial charge in [-0.25, -0.2) is 4.79 Å². The first kappa shape index (κ1) is 31.7. The zero-order valence-corrected chi connectivity index (χ0v) is 24.7. The lowest BCUT2D eigenvalue weighted by atomic mass is 9.98. The molecule has 3 N–H and O–H groups in total. The lowest BCUT2D eigenvalue weighted by molar-refractivity contribution is 0.0519. The molecule has 2 heterocycles. The molecular formula is C34H38ClN3O5. The van der Waals surface area contributed by atoms with Gasteiger partial charge >= 0.3 is 5.97 Å². The van der Waals surface area contributed by atoms with E-state index in [2.05, 4.69) is 15.2 Å². The third kappa shape index (κ3) is 6.87. The minimum atomic E-state index is -0.415. The molecule has 0 aliphatic carbocycles. The summed E-state index contributed by atoms with van der Waals surface area (Å²) in [5.41, 5.74) is 6.71. The van der Waals surface area contributed by atoms with Crippen LogP contribution in [0, 0.1) is 13.8 Å². The third-order valence-electron chi connectivity index (χ3n) is 7.13. The van der Waals surface area contributed by atoms with Crippen LogP contribution in [0.2, 0.25) is 5.02 Å². The molecule has 0 fully saturated rings. The summed E-state index contributed by atoms with van der Waals surface area (Å²) in [6.45, 7) is 6.39. The molecule has 8 nitrogen and oxygen atoms in total. The number of benzene rings is 3. The molecule has 0 saturated carbocycles. The van der Waals surface area contributed by atoms with Crippen LogP contribution in [0.3, 0.4) is 0 Å². The first-order chi connectivity index (χ1) is 20.4. The summed E-state index contributed by atoms with van der Waals surface area (Å²) in [4.78, 5) is 16.4. The van der Waals surface area contributed by atoms with Gasteiger partial charge < -0.3 is 24.3 Å². The second-order valence-corrected chi connectivity index (χ2v) is 10.4. The normalized spacial score (nSPS) is 10.9. The van der Waals surface area contributed by atoms with E-state index in [0.29, 0.717) is 36.5 Å². The second kappa shape index (κ2) is 14.3. The van der Waals surface area contributed by atoms with Crippen LogP contribution in [0.5, 0.6) is 11.5 Å². The monoisotopic (exact) mass is 603 g/mol. The van der Waals surface area contributed by atoms with Crippen LogP contribution >= 0.6 is 11.6 Å². The minimum Gasteiger partial charge on any atom is -0.494 e. The highest BCUT2D eigenvalue weighted by atomic mass is 35.5. The van der Waals surface area contributed by atoms with Crippen molar-refractivity contribution in [1.29, 1.82) is 0 Å². The number of nitrogens with zero attached hydrogens (tertiary/aromatic N) is 1. The van der Waals surface area contributed by atoms with Gasteiger partial charge in [0.05, 0.1) is 36.7 Å². The number of aryl methyl sites for hydroxylation is 3. The molecule has 0 spiro atoms. The van der Waals surface area contributed by atoms with Gasteiger partial charge in [0.2, 0.25) is 0 Å². The van der Waals surface area contributed by atoms with Crippen LogP contribution in [0.15, 0.2) is 60.7 Å². The van der Waals surface area contributed by atoms with Crippen LogP contribution in [0.25, 0.3) is 22.0 Å². The summed E-state index contributed by atoms with van der Waals surface area (Å²) in [5.74, 6) is 1.07. The number of para-hydroxylation sites is 2. The predicted octanol–water partition coefficient (Wildman–Crippen LogP) is 7.72. The number of aromatic nitrogens is 3. The summed E-state index contributed by atoms with van der Waals surface area (Å²) in [6, 6.07) is 19.2. The van der Waals surface area contributed by atoms with Crippen LogP contribution in [-0.2, 0) is 24.4 Å². The molecule has 3 aromatic carbocycles. The zero-order valence-electron chi connectivity index (χ0n) is 23.9. The third-order valence-corrected chi connectivity index (χ3v) is 7.73. The maximum Gasteiger partial charge on any atom is 0.355 e. The van der Waals surface area contributed by atoms with Crippen molar-refractivity contribution in [3.8, 4) is 22.6 Å². The van der Waals surface area contributed by atoms with Crippen LogP contribution in [-0.4, -0.2) is 39.5 Å². The van der Waals surface area contributed by atoms with Gasteiger partial charge in [-0.1, -0.05) is 55.4 Å². The maximum atomic E-state index is 13.1. The zero-order chi connectivity index (χ0) is 29.6. The van der Waals surface area contributed by atoms with Crippen molar-refractivity contribution in [1.82, 2.24) is 15.2 Å².